The highest BCUT2D eigenvalue weighted by molar-refractivity contribution is 5.84. The van der Waals surface area contributed by atoms with Gasteiger partial charge in [0, 0.05) is 6.07 Å². The van der Waals surface area contributed by atoms with E-state index in [9.17, 15) is 4.79 Å². The van der Waals surface area contributed by atoms with E-state index in [1.807, 2.05) is 0 Å². The Kier molecular flexibility index (Phi) is 15.6. The molecule has 0 atom stereocenters. The Morgan fingerprint density at radius 2 is 1.50 bits per heavy atom. The Bertz CT molecular complexity index is 374. The van der Waals surface area contributed by atoms with Gasteiger partial charge in [0.2, 0.25) is 0 Å². The van der Waals surface area contributed by atoms with Crippen LogP contribution in [0.2, 0.25) is 0 Å². The number of rotatable bonds is 13. The number of aromatic nitrogens is 1. The average Bonchev–Trinajstić information content (AvgIpc) is 3.08. The summed E-state index contributed by atoms with van der Waals surface area (Å²) >= 11 is 0. The minimum Gasteiger partial charge on any atom is -0.476 e. The Morgan fingerprint density at radius 3 is 1.83 bits per heavy atom. The van der Waals surface area contributed by atoms with Crippen molar-refractivity contribution in [3.8, 4) is 0 Å². The summed E-state index contributed by atoms with van der Waals surface area (Å²) in [4.78, 5) is 9.94. The Hall–Kier alpha value is -1.32. The maximum atomic E-state index is 9.94. The molecule has 0 fully saturated rings. The van der Waals surface area contributed by atoms with Crippen molar-refractivity contribution in [3.05, 3.63) is 18.0 Å². The van der Waals surface area contributed by atoms with Gasteiger partial charge in [-0.3, -0.25) is 0 Å². The Morgan fingerprint density at radius 1 is 1.00 bits per heavy atom. The molecule has 24 heavy (non-hydrogen) atoms. The zero-order chi connectivity index (χ0) is 18.0. The van der Waals surface area contributed by atoms with Crippen LogP contribution in [-0.4, -0.2) is 16.2 Å². The molecule has 1 heterocycles. The number of carboxylic acid groups (broad SMARTS) is 1. The summed E-state index contributed by atoms with van der Waals surface area (Å²) in [5.41, 5.74) is -0.0648. The number of aromatic carboxylic acids is 1. The monoisotopic (exact) mass is 339 g/mol. The third kappa shape index (κ3) is 15.6. The van der Waals surface area contributed by atoms with Gasteiger partial charge < -0.3 is 9.63 Å². The summed E-state index contributed by atoms with van der Waals surface area (Å²) in [6.07, 6.45) is 18.7. The lowest BCUT2D eigenvalue weighted by Gasteiger charge is -2.04. The van der Waals surface area contributed by atoms with Crippen LogP contribution in [0.15, 0.2) is 16.9 Å². The minimum absolute atomic E-state index is 0.0648. The summed E-state index contributed by atoms with van der Waals surface area (Å²) in [6, 6.07) is 1.28. The van der Waals surface area contributed by atoms with Crippen LogP contribution in [0.3, 0.4) is 0 Å². The van der Waals surface area contributed by atoms with Gasteiger partial charge in [-0.1, -0.05) is 103 Å². The topological polar surface area (TPSA) is 63.3 Å². The molecule has 0 aliphatic heterocycles. The average molecular weight is 340 g/mol. The molecule has 0 aromatic carbocycles. The lowest BCUT2D eigenvalue weighted by atomic mass is 10.0. The molecule has 0 radical (unpaired) electrons. The predicted octanol–water partition coefficient (Wildman–Crippen LogP) is 6.72. The summed E-state index contributed by atoms with van der Waals surface area (Å²) in [5.74, 6) is -0.169. The molecule has 4 nitrogen and oxygen atoms in total. The largest absolute Gasteiger partial charge is 0.476 e. The molecule has 1 aromatic rings. The first kappa shape index (κ1) is 22.7. The van der Waals surface area contributed by atoms with E-state index in [4.69, 9.17) is 5.11 Å². The highest BCUT2D eigenvalue weighted by Crippen LogP contribution is 2.13. The van der Waals surface area contributed by atoms with Gasteiger partial charge in [-0.25, -0.2) is 4.79 Å². The molecule has 0 bridgehead atoms. The molecule has 140 valence electrons. The van der Waals surface area contributed by atoms with Crippen LogP contribution in [0, 0.1) is 5.92 Å². The number of nitrogens with zero attached hydrogens (tertiary/aromatic N) is 1. The third-order valence-corrected chi connectivity index (χ3v) is 4.04. The molecular weight excluding hydrogens is 302 g/mol. The van der Waals surface area contributed by atoms with E-state index in [0.717, 1.165) is 5.92 Å². The fraction of sp³-hybridized carbons (Fsp3) is 0.800. The van der Waals surface area contributed by atoms with Gasteiger partial charge in [0.25, 0.3) is 0 Å². The minimum atomic E-state index is -1.07. The molecule has 0 saturated carbocycles. The van der Waals surface area contributed by atoms with Gasteiger partial charge >= 0.3 is 5.97 Å². The molecule has 0 spiro atoms. The van der Waals surface area contributed by atoms with Crippen molar-refractivity contribution in [1.29, 1.82) is 0 Å². The number of carbonyl (C=O) groups is 1. The van der Waals surface area contributed by atoms with Crippen molar-refractivity contribution < 1.29 is 14.4 Å². The lowest BCUT2D eigenvalue weighted by molar-refractivity contribution is 0.0685. The zero-order valence-electron chi connectivity index (χ0n) is 15.9. The predicted molar refractivity (Wildman–Crippen MR) is 99.4 cm³/mol. The third-order valence-electron chi connectivity index (χ3n) is 4.04. The van der Waals surface area contributed by atoms with Gasteiger partial charge in [0.05, 0.1) is 0 Å². The summed E-state index contributed by atoms with van der Waals surface area (Å²) in [6.45, 7) is 6.95. The van der Waals surface area contributed by atoms with Crippen LogP contribution < -0.4 is 0 Å². The van der Waals surface area contributed by atoms with Crippen molar-refractivity contribution in [2.45, 2.75) is 97.8 Å². The molecule has 0 amide bonds. The van der Waals surface area contributed by atoms with Gasteiger partial charge in [0.1, 0.15) is 6.26 Å². The van der Waals surface area contributed by atoms with Gasteiger partial charge in [-0.15, -0.1) is 0 Å². The quantitative estimate of drug-likeness (QED) is 0.405. The smallest absolute Gasteiger partial charge is 0.358 e. The summed E-state index contributed by atoms with van der Waals surface area (Å²) < 4.78 is 4.24. The molecule has 0 saturated heterocycles. The number of carboxylic acids is 1. The standard InChI is InChI=1S/C16H34.C4H3NO3/c1-4-5-6-7-8-9-10-11-12-13-14-15-16(2)3;6-4(7)3-1-2-8-5-3/h16H,4-15H2,1-3H3;1-2H,(H,6,7). The second kappa shape index (κ2) is 16.5. The SMILES string of the molecule is CCCCCCCCCCCCCC(C)C.O=C(O)c1ccon1. The van der Waals surface area contributed by atoms with E-state index in [2.05, 4.69) is 30.5 Å². The molecule has 1 N–H and O–H groups in total. The number of hydrogen-bond donors (Lipinski definition) is 1. The van der Waals surface area contributed by atoms with Gasteiger partial charge in [0.15, 0.2) is 5.69 Å². The van der Waals surface area contributed by atoms with Crippen molar-refractivity contribution in [3.63, 3.8) is 0 Å². The Labute approximate surface area is 148 Å². The first-order chi connectivity index (χ1) is 11.6. The zero-order valence-corrected chi connectivity index (χ0v) is 15.9. The van der Waals surface area contributed by atoms with Crippen LogP contribution in [-0.2, 0) is 0 Å². The van der Waals surface area contributed by atoms with Crippen molar-refractivity contribution in [1.82, 2.24) is 5.16 Å². The number of hydrogen-bond acceptors (Lipinski definition) is 3. The van der Waals surface area contributed by atoms with E-state index < -0.39 is 5.97 Å². The molecule has 0 aliphatic carbocycles. The van der Waals surface area contributed by atoms with Crippen LogP contribution in [0.5, 0.6) is 0 Å². The lowest BCUT2D eigenvalue weighted by Crippen LogP contribution is -1.94. The van der Waals surface area contributed by atoms with E-state index in [1.54, 1.807) is 0 Å². The summed E-state index contributed by atoms with van der Waals surface area (Å²) in [5, 5.41) is 11.3. The van der Waals surface area contributed by atoms with E-state index in [0.29, 0.717) is 0 Å². The van der Waals surface area contributed by atoms with E-state index in [-0.39, 0.29) is 5.69 Å². The number of unbranched alkanes of at least 4 members (excludes halogenated alkanes) is 10. The Balaban J connectivity index is 0.000000546. The van der Waals surface area contributed by atoms with Crippen LogP contribution in [0.1, 0.15) is 108 Å². The normalized spacial score (nSPS) is 10.5. The van der Waals surface area contributed by atoms with Gasteiger partial charge in [-0.05, 0) is 5.92 Å². The second-order valence-corrected chi connectivity index (χ2v) is 6.91. The van der Waals surface area contributed by atoms with E-state index >= 15 is 0 Å². The first-order valence-electron chi connectivity index (χ1n) is 9.71. The second-order valence-electron chi connectivity index (χ2n) is 6.91. The van der Waals surface area contributed by atoms with Gasteiger partial charge in [-0.2, -0.15) is 0 Å². The molecule has 0 unspecified atom stereocenters. The molecule has 1 rings (SSSR count). The highest BCUT2D eigenvalue weighted by Gasteiger charge is 2.02. The maximum Gasteiger partial charge on any atom is 0.358 e. The maximum absolute atomic E-state index is 9.94. The van der Waals surface area contributed by atoms with Crippen LogP contribution >= 0.6 is 0 Å². The summed E-state index contributed by atoms with van der Waals surface area (Å²) in [7, 11) is 0. The van der Waals surface area contributed by atoms with Crippen molar-refractivity contribution in [2.75, 3.05) is 0 Å². The fourth-order valence-electron chi connectivity index (χ4n) is 2.54. The fourth-order valence-corrected chi connectivity index (χ4v) is 2.54. The van der Waals surface area contributed by atoms with Crippen LogP contribution in [0.25, 0.3) is 0 Å². The van der Waals surface area contributed by atoms with Crippen molar-refractivity contribution >= 4 is 5.97 Å². The van der Waals surface area contributed by atoms with Crippen molar-refractivity contribution in [2.24, 2.45) is 5.92 Å². The highest BCUT2D eigenvalue weighted by atomic mass is 16.5. The van der Waals surface area contributed by atoms with Crippen LogP contribution in [0.4, 0.5) is 0 Å². The van der Waals surface area contributed by atoms with E-state index in [1.165, 1.54) is 89.4 Å². The molecular formula is C20H37NO3. The first-order valence-corrected chi connectivity index (χ1v) is 9.71. The molecule has 0 aliphatic rings. The molecule has 1 aromatic heterocycles. The molecule has 4 heteroatoms.